The number of aromatic nitrogens is 2. The van der Waals surface area contributed by atoms with E-state index in [4.69, 9.17) is 17.3 Å². The van der Waals surface area contributed by atoms with Gasteiger partial charge in [0.25, 0.3) is 0 Å². The van der Waals surface area contributed by atoms with Crippen molar-refractivity contribution in [3.05, 3.63) is 23.2 Å². The van der Waals surface area contributed by atoms with E-state index in [-0.39, 0.29) is 11.9 Å². The third kappa shape index (κ3) is 3.74. The minimum Gasteiger partial charge on any atom is -0.437 e. The molecule has 14 heavy (non-hydrogen) atoms. The van der Waals surface area contributed by atoms with E-state index in [9.17, 15) is 4.79 Å². The van der Waals surface area contributed by atoms with E-state index in [0.29, 0.717) is 5.69 Å². The molecular formula is C8H6ClN3O2. The monoisotopic (exact) mass is 211 g/mol. The van der Waals surface area contributed by atoms with Gasteiger partial charge in [0.15, 0.2) is 6.61 Å². The Morgan fingerprint density at radius 2 is 2.50 bits per heavy atom. The third-order valence-electron chi connectivity index (χ3n) is 1.13. The Morgan fingerprint density at radius 3 is 3.14 bits per heavy atom. The molecule has 0 aliphatic rings. The van der Waals surface area contributed by atoms with Crippen LogP contribution >= 0.6 is 11.6 Å². The maximum absolute atomic E-state index is 10.2. The second kappa shape index (κ2) is 5.04. The Morgan fingerprint density at radius 1 is 1.71 bits per heavy atom. The van der Waals surface area contributed by atoms with Crippen molar-refractivity contribution in [1.29, 1.82) is 0 Å². The molecule has 5 nitrogen and oxygen atoms in total. The van der Waals surface area contributed by atoms with Crippen LogP contribution in [0.4, 0.5) is 4.79 Å². The molecule has 0 fully saturated rings. The molecule has 0 saturated carbocycles. The highest BCUT2D eigenvalue weighted by atomic mass is 35.5. The molecule has 0 saturated heterocycles. The van der Waals surface area contributed by atoms with Crippen LogP contribution < -0.4 is 5.73 Å². The molecule has 0 atom stereocenters. The minimum absolute atomic E-state index is 0.0725. The summed E-state index contributed by atoms with van der Waals surface area (Å²) in [6.45, 7) is -0.0725. The van der Waals surface area contributed by atoms with Gasteiger partial charge in [-0.25, -0.2) is 14.8 Å². The van der Waals surface area contributed by atoms with E-state index in [0.717, 1.165) is 0 Å². The van der Waals surface area contributed by atoms with E-state index in [1.165, 1.54) is 6.20 Å². The van der Waals surface area contributed by atoms with Crippen LogP contribution in [-0.2, 0) is 4.74 Å². The van der Waals surface area contributed by atoms with E-state index in [2.05, 4.69) is 26.5 Å². The summed E-state index contributed by atoms with van der Waals surface area (Å²) < 4.78 is 4.38. The highest BCUT2D eigenvalue weighted by molar-refractivity contribution is 6.28. The fourth-order valence-electron chi connectivity index (χ4n) is 0.638. The summed E-state index contributed by atoms with van der Waals surface area (Å²) in [6, 6.07) is 1.59. The summed E-state index contributed by atoms with van der Waals surface area (Å²) in [7, 11) is 0. The zero-order valence-corrected chi connectivity index (χ0v) is 7.78. The van der Waals surface area contributed by atoms with Crippen molar-refractivity contribution in [2.24, 2.45) is 5.73 Å². The number of nitrogens with two attached hydrogens (primary N) is 1. The number of carbonyl (C=O) groups excluding carboxylic acids is 1. The van der Waals surface area contributed by atoms with Gasteiger partial charge in [-0.15, -0.1) is 0 Å². The van der Waals surface area contributed by atoms with Crippen molar-refractivity contribution in [3.63, 3.8) is 0 Å². The molecule has 72 valence electrons. The van der Waals surface area contributed by atoms with Crippen LogP contribution in [-0.4, -0.2) is 22.7 Å². The standard InChI is InChI=1S/C8H6ClN3O2/c9-7-11-4-3-6(12-7)2-1-5-14-8(10)13/h3-4H,5H2,(H2,10,13). The topological polar surface area (TPSA) is 78.1 Å². The summed E-state index contributed by atoms with van der Waals surface area (Å²) in [6.07, 6.45) is 0.619. The van der Waals surface area contributed by atoms with Gasteiger partial charge >= 0.3 is 6.09 Å². The van der Waals surface area contributed by atoms with Crippen LogP contribution in [0.3, 0.4) is 0 Å². The Bertz CT molecular complexity index is 397. The number of ether oxygens (including phenoxy) is 1. The first kappa shape index (κ1) is 10.3. The molecule has 0 spiro atoms. The van der Waals surface area contributed by atoms with Crippen LogP contribution in [0.15, 0.2) is 12.3 Å². The van der Waals surface area contributed by atoms with Crippen molar-refractivity contribution in [3.8, 4) is 11.8 Å². The van der Waals surface area contributed by atoms with Gasteiger partial charge < -0.3 is 10.5 Å². The summed E-state index contributed by atoms with van der Waals surface area (Å²) >= 11 is 5.51. The molecule has 0 aromatic carbocycles. The van der Waals surface area contributed by atoms with Crippen LogP contribution in [0.1, 0.15) is 5.69 Å². The first-order valence-corrected chi connectivity index (χ1v) is 3.96. The number of rotatable bonds is 1. The average Bonchev–Trinajstić information content (AvgIpc) is 2.12. The lowest BCUT2D eigenvalue weighted by Gasteiger charge is -1.91. The van der Waals surface area contributed by atoms with Gasteiger partial charge in [0.1, 0.15) is 5.69 Å². The van der Waals surface area contributed by atoms with Gasteiger partial charge in [0.2, 0.25) is 5.28 Å². The maximum atomic E-state index is 10.2. The van der Waals surface area contributed by atoms with Gasteiger partial charge in [0.05, 0.1) is 0 Å². The Balaban J connectivity index is 2.55. The molecule has 0 unspecified atom stereocenters. The Hall–Kier alpha value is -1.80. The SMILES string of the molecule is NC(=O)OCC#Cc1ccnc(Cl)n1. The molecule has 0 bridgehead atoms. The fraction of sp³-hybridized carbons (Fsp3) is 0.125. The third-order valence-corrected chi connectivity index (χ3v) is 1.31. The van der Waals surface area contributed by atoms with E-state index in [1.807, 2.05) is 0 Å². The number of hydrogen-bond donors (Lipinski definition) is 1. The molecule has 1 amide bonds. The Kier molecular flexibility index (Phi) is 3.70. The number of carbonyl (C=O) groups is 1. The highest BCUT2D eigenvalue weighted by Crippen LogP contribution is 1.98. The summed E-state index contributed by atoms with van der Waals surface area (Å²) in [4.78, 5) is 17.6. The lowest BCUT2D eigenvalue weighted by atomic mass is 10.4. The molecule has 1 rings (SSSR count). The lowest BCUT2D eigenvalue weighted by Crippen LogP contribution is -2.12. The number of amides is 1. The summed E-state index contributed by atoms with van der Waals surface area (Å²) in [5.41, 5.74) is 5.18. The smallest absolute Gasteiger partial charge is 0.405 e. The summed E-state index contributed by atoms with van der Waals surface area (Å²) in [5, 5.41) is 0.118. The van der Waals surface area contributed by atoms with Gasteiger partial charge in [-0.05, 0) is 23.6 Å². The van der Waals surface area contributed by atoms with Crippen LogP contribution in [0.25, 0.3) is 0 Å². The number of hydrogen-bond acceptors (Lipinski definition) is 4. The number of primary amides is 1. The molecular weight excluding hydrogens is 206 g/mol. The zero-order chi connectivity index (χ0) is 10.4. The predicted molar refractivity (Wildman–Crippen MR) is 49.5 cm³/mol. The van der Waals surface area contributed by atoms with E-state index >= 15 is 0 Å². The molecule has 0 radical (unpaired) electrons. The average molecular weight is 212 g/mol. The van der Waals surface area contributed by atoms with Crippen molar-refractivity contribution >= 4 is 17.7 Å². The molecule has 6 heteroatoms. The van der Waals surface area contributed by atoms with Crippen molar-refractivity contribution in [2.45, 2.75) is 0 Å². The largest absolute Gasteiger partial charge is 0.437 e. The first-order chi connectivity index (χ1) is 6.68. The van der Waals surface area contributed by atoms with Gasteiger partial charge in [-0.3, -0.25) is 0 Å². The van der Waals surface area contributed by atoms with E-state index in [1.54, 1.807) is 6.07 Å². The number of nitrogens with zero attached hydrogens (tertiary/aromatic N) is 2. The molecule has 0 aliphatic carbocycles. The van der Waals surface area contributed by atoms with Crippen LogP contribution in [0, 0.1) is 11.8 Å². The number of halogens is 1. The maximum Gasteiger partial charge on any atom is 0.405 e. The van der Waals surface area contributed by atoms with Crippen LogP contribution in [0.2, 0.25) is 5.28 Å². The van der Waals surface area contributed by atoms with Gasteiger partial charge in [-0.1, -0.05) is 5.92 Å². The van der Waals surface area contributed by atoms with Crippen LogP contribution in [0.5, 0.6) is 0 Å². The second-order valence-electron chi connectivity index (χ2n) is 2.12. The first-order valence-electron chi connectivity index (χ1n) is 3.58. The molecule has 1 heterocycles. The predicted octanol–water partition coefficient (Wildman–Crippen LogP) is 0.577. The second-order valence-corrected chi connectivity index (χ2v) is 2.46. The molecule has 1 aromatic rings. The van der Waals surface area contributed by atoms with Crippen molar-refractivity contribution in [1.82, 2.24) is 9.97 Å². The van der Waals surface area contributed by atoms with Gasteiger partial charge in [0, 0.05) is 6.20 Å². The van der Waals surface area contributed by atoms with Crippen molar-refractivity contribution in [2.75, 3.05) is 6.61 Å². The van der Waals surface area contributed by atoms with E-state index < -0.39 is 6.09 Å². The zero-order valence-electron chi connectivity index (χ0n) is 7.03. The highest BCUT2D eigenvalue weighted by Gasteiger charge is 1.91. The molecule has 1 aromatic heterocycles. The van der Waals surface area contributed by atoms with Crippen molar-refractivity contribution < 1.29 is 9.53 Å². The quantitative estimate of drug-likeness (QED) is 0.544. The minimum atomic E-state index is -0.861. The normalized spacial score (nSPS) is 8.64. The molecule has 0 aliphatic heterocycles. The molecule has 2 N–H and O–H groups in total. The Labute approximate surface area is 85.2 Å². The lowest BCUT2D eigenvalue weighted by molar-refractivity contribution is 0.171. The van der Waals surface area contributed by atoms with Gasteiger partial charge in [-0.2, -0.15) is 0 Å². The summed E-state index contributed by atoms with van der Waals surface area (Å²) in [5.74, 6) is 5.16. The fourth-order valence-corrected chi connectivity index (χ4v) is 0.786.